The van der Waals surface area contributed by atoms with Crippen LogP contribution < -0.4 is 4.74 Å². The second kappa shape index (κ2) is 5.25. The molecule has 1 aliphatic carbocycles. The van der Waals surface area contributed by atoms with Gasteiger partial charge in [-0.2, -0.15) is 0 Å². The Morgan fingerprint density at radius 2 is 1.89 bits per heavy atom. The third-order valence-corrected chi connectivity index (χ3v) is 4.80. The summed E-state index contributed by atoms with van der Waals surface area (Å²) < 4.78 is 6.14. The molecule has 0 spiro atoms. The number of nitrogens with zero attached hydrogens (tertiary/aromatic N) is 2. The SMILES string of the molecule is COc1ccc(-c2nc(Cl)c(I)c(C3CC3)n2)cc1. The first-order valence-corrected chi connectivity index (χ1v) is 7.52. The fourth-order valence-electron chi connectivity index (χ4n) is 1.93. The number of halogens is 2. The van der Waals surface area contributed by atoms with Crippen molar-refractivity contribution in [3.05, 3.63) is 38.7 Å². The molecule has 1 aliphatic rings. The van der Waals surface area contributed by atoms with Crippen LogP contribution in [0.5, 0.6) is 5.75 Å². The number of hydrogen-bond acceptors (Lipinski definition) is 3. The van der Waals surface area contributed by atoms with E-state index in [-0.39, 0.29) is 0 Å². The molecule has 0 bridgehead atoms. The monoisotopic (exact) mass is 386 g/mol. The van der Waals surface area contributed by atoms with E-state index in [9.17, 15) is 0 Å². The molecule has 0 atom stereocenters. The smallest absolute Gasteiger partial charge is 0.161 e. The lowest BCUT2D eigenvalue weighted by Gasteiger charge is -2.08. The molecule has 0 unspecified atom stereocenters. The number of aromatic nitrogens is 2. The van der Waals surface area contributed by atoms with E-state index in [0.29, 0.717) is 16.9 Å². The van der Waals surface area contributed by atoms with Crippen molar-refractivity contribution in [2.24, 2.45) is 0 Å². The van der Waals surface area contributed by atoms with Gasteiger partial charge >= 0.3 is 0 Å². The summed E-state index contributed by atoms with van der Waals surface area (Å²) in [7, 11) is 1.65. The fourth-order valence-corrected chi connectivity index (χ4v) is 2.79. The maximum atomic E-state index is 6.22. The van der Waals surface area contributed by atoms with Crippen LogP contribution in [-0.2, 0) is 0 Å². The minimum atomic E-state index is 0.545. The highest BCUT2D eigenvalue weighted by atomic mass is 127. The highest BCUT2D eigenvalue weighted by Crippen LogP contribution is 2.42. The van der Waals surface area contributed by atoms with Crippen LogP contribution in [0.25, 0.3) is 11.4 Å². The summed E-state index contributed by atoms with van der Waals surface area (Å²) in [6, 6.07) is 7.71. The van der Waals surface area contributed by atoms with Crippen LogP contribution in [0.2, 0.25) is 5.15 Å². The van der Waals surface area contributed by atoms with E-state index >= 15 is 0 Å². The molecular formula is C14H12ClIN2O. The molecule has 0 aliphatic heterocycles. The maximum absolute atomic E-state index is 6.22. The summed E-state index contributed by atoms with van der Waals surface area (Å²) in [5, 5.41) is 0.545. The Labute approximate surface area is 130 Å². The Kier molecular flexibility index (Phi) is 3.62. The first kappa shape index (κ1) is 13.1. The quantitative estimate of drug-likeness (QED) is 0.583. The Morgan fingerprint density at radius 1 is 1.21 bits per heavy atom. The zero-order chi connectivity index (χ0) is 13.4. The van der Waals surface area contributed by atoms with E-state index < -0.39 is 0 Å². The molecule has 2 aromatic rings. The Balaban J connectivity index is 2.03. The van der Waals surface area contributed by atoms with Gasteiger partial charge in [0.2, 0.25) is 0 Å². The van der Waals surface area contributed by atoms with Crippen molar-refractivity contribution in [2.75, 3.05) is 7.11 Å². The number of methoxy groups -OCH3 is 1. The average molecular weight is 387 g/mol. The van der Waals surface area contributed by atoms with E-state index in [2.05, 4.69) is 32.6 Å². The van der Waals surface area contributed by atoms with E-state index in [4.69, 9.17) is 16.3 Å². The minimum absolute atomic E-state index is 0.545. The summed E-state index contributed by atoms with van der Waals surface area (Å²) in [6.45, 7) is 0. The van der Waals surface area contributed by atoms with E-state index in [1.807, 2.05) is 24.3 Å². The topological polar surface area (TPSA) is 35.0 Å². The van der Waals surface area contributed by atoms with Crippen molar-refractivity contribution in [2.45, 2.75) is 18.8 Å². The summed E-state index contributed by atoms with van der Waals surface area (Å²) in [5.41, 5.74) is 2.05. The molecule has 0 amide bonds. The number of rotatable bonds is 3. The molecule has 1 heterocycles. The zero-order valence-corrected chi connectivity index (χ0v) is 13.3. The van der Waals surface area contributed by atoms with Gasteiger partial charge in [-0.15, -0.1) is 0 Å². The van der Waals surface area contributed by atoms with Gasteiger partial charge in [-0.05, 0) is 59.7 Å². The van der Waals surface area contributed by atoms with E-state index in [1.54, 1.807) is 7.11 Å². The van der Waals surface area contributed by atoms with Gasteiger partial charge in [0.15, 0.2) is 5.82 Å². The standard InChI is InChI=1S/C14H12ClIN2O/c1-19-10-6-4-9(5-7-10)14-17-12(8-2-3-8)11(16)13(15)18-14/h4-8H,2-3H2,1H3. The van der Waals surface area contributed by atoms with Crippen molar-refractivity contribution in [3.8, 4) is 17.1 Å². The lowest BCUT2D eigenvalue weighted by molar-refractivity contribution is 0.415. The lowest BCUT2D eigenvalue weighted by Crippen LogP contribution is -1.99. The van der Waals surface area contributed by atoms with Gasteiger partial charge in [0.1, 0.15) is 10.9 Å². The van der Waals surface area contributed by atoms with Gasteiger partial charge in [0, 0.05) is 11.5 Å². The van der Waals surface area contributed by atoms with Crippen LogP contribution in [0, 0.1) is 3.57 Å². The van der Waals surface area contributed by atoms with Crippen LogP contribution in [0.3, 0.4) is 0 Å². The zero-order valence-electron chi connectivity index (χ0n) is 10.4. The highest BCUT2D eigenvalue weighted by molar-refractivity contribution is 14.1. The van der Waals surface area contributed by atoms with Crippen molar-refractivity contribution >= 4 is 34.2 Å². The molecule has 1 aromatic carbocycles. The predicted octanol–water partition coefficient (Wildman–Crippen LogP) is 4.29. The third-order valence-electron chi connectivity index (χ3n) is 3.15. The van der Waals surface area contributed by atoms with Gasteiger partial charge in [-0.25, -0.2) is 9.97 Å². The highest BCUT2D eigenvalue weighted by Gasteiger charge is 2.29. The normalized spacial score (nSPS) is 14.5. The minimum Gasteiger partial charge on any atom is -0.497 e. The molecule has 3 rings (SSSR count). The summed E-state index contributed by atoms with van der Waals surface area (Å²) in [5.74, 6) is 2.07. The number of hydrogen-bond donors (Lipinski definition) is 0. The lowest BCUT2D eigenvalue weighted by atomic mass is 10.2. The molecule has 1 aromatic heterocycles. The molecule has 1 fully saturated rings. The second-order valence-corrected chi connectivity index (χ2v) is 5.98. The molecule has 19 heavy (non-hydrogen) atoms. The van der Waals surface area contributed by atoms with Crippen LogP contribution >= 0.6 is 34.2 Å². The Bertz CT molecular complexity index is 612. The summed E-state index contributed by atoms with van der Waals surface area (Å²) in [4.78, 5) is 9.05. The molecule has 0 radical (unpaired) electrons. The Hall–Kier alpha value is -0.880. The average Bonchev–Trinajstić information content (AvgIpc) is 3.26. The van der Waals surface area contributed by atoms with E-state index in [1.165, 1.54) is 12.8 Å². The number of benzene rings is 1. The molecule has 3 nitrogen and oxygen atoms in total. The van der Waals surface area contributed by atoms with Gasteiger partial charge in [0.05, 0.1) is 16.4 Å². The molecule has 0 saturated heterocycles. The molecular weight excluding hydrogens is 375 g/mol. The molecule has 98 valence electrons. The molecule has 0 N–H and O–H groups in total. The molecule has 5 heteroatoms. The largest absolute Gasteiger partial charge is 0.497 e. The van der Waals surface area contributed by atoms with Crippen LogP contribution in [0.15, 0.2) is 24.3 Å². The maximum Gasteiger partial charge on any atom is 0.161 e. The van der Waals surface area contributed by atoms with Gasteiger partial charge in [-0.3, -0.25) is 0 Å². The van der Waals surface area contributed by atoms with E-state index in [0.717, 1.165) is 20.6 Å². The predicted molar refractivity (Wildman–Crippen MR) is 83.7 cm³/mol. The summed E-state index contributed by atoms with van der Waals surface area (Å²) >= 11 is 8.45. The van der Waals surface area contributed by atoms with Crippen LogP contribution in [0.1, 0.15) is 24.5 Å². The third kappa shape index (κ3) is 2.69. The van der Waals surface area contributed by atoms with Gasteiger partial charge < -0.3 is 4.74 Å². The van der Waals surface area contributed by atoms with Crippen LogP contribution in [-0.4, -0.2) is 17.1 Å². The van der Waals surface area contributed by atoms with Gasteiger partial charge in [0.25, 0.3) is 0 Å². The summed E-state index contributed by atoms with van der Waals surface area (Å²) in [6.07, 6.45) is 2.40. The van der Waals surface area contributed by atoms with Crippen molar-refractivity contribution in [1.29, 1.82) is 0 Å². The van der Waals surface area contributed by atoms with Crippen molar-refractivity contribution in [3.63, 3.8) is 0 Å². The van der Waals surface area contributed by atoms with Crippen LogP contribution in [0.4, 0.5) is 0 Å². The van der Waals surface area contributed by atoms with Gasteiger partial charge in [-0.1, -0.05) is 11.6 Å². The molecule has 1 saturated carbocycles. The van der Waals surface area contributed by atoms with Crippen molar-refractivity contribution < 1.29 is 4.74 Å². The fraction of sp³-hybridized carbons (Fsp3) is 0.286. The first-order valence-electron chi connectivity index (χ1n) is 6.06. The first-order chi connectivity index (χ1) is 9.19. The second-order valence-electron chi connectivity index (χ2n) is 4.54. The Morgan fingerprint density at radius 3 is 2.47 bits per heavy atom. The van der Waals surface area contributed by atoms with Crippen molar-refractivity contribution in [1.82, 2.24) is 9.97 Å². The number of ether oxygens (including phenoxy) is 1.